The van der Waals surface area contributed by atoms with Gasteiger partial charge in [0.15, 0.2) is 6.29 Å². The van der Waals surface area contributed by atoms with Gasteiger partial charge in [0.25, 0.3) is 5.69 Å². The first-order valence-corrected chi connectivity index (χ1v) is 6.58. The maximum atomic E-state index is 11.1. The summed E-state index contributed by atoms with van der Waals surface area (Å²) >= 11 is 0. The molecule has 0 aliphatic rings. The lowest BCUT2D eigenvalue weighted by Gasteiger charge is -2.04. The van der Waals surface area contributed by atoms with Gasteiger partial charge in [0.2, 0.25) is 0 Å². The number of rotatable bonds is 3. The van der Waals surface area contributed by atoms with Crippen LogP contribution in [0, 0.1) is 10.1 Å². The average molecular weight is 283 g/mol. The van der Waals surface area contributed by atoms with Crippen molar-refractivity contribution >= 4 is 33.8 Å². The molecule has 0 fully saturated rings. The van der Waals surface area contributed by atoms with Crippen LogP contribution in [0.1, 0.15) is 23.1 Å². The van der Waals surface area contributed by atoms with E-state index in [1.165, 1.54) is 6.07 Å². The maximum absolute atomic E-state index is 11.1. The van der Waals surface area contributed by atoms with E-state index in [-0.39, 0.29) is 5.69 Å². The monoisotopic (exact) mass is 283 g/mol. The first-order chi connectivity index (χ1) is 10.1. The molecule has 0 N–H and O–H groups in total. The lowest BCUT2D eigenvalue weighted by atomic mass is 10.1. The van der Waals surface area contributed by atoms with Crippen LogP contribution in [0.15, 0.2) is 24.3 Å². The molecular formula is C15H13N3O3. The molecule has 6 nitrogen and oxygen atoms in total. The number of fused-ring (bicyclic) bond motifs is 3. The Labute approximate surface area is 120 Å². The molecule has 2 aromatic heterocycles. The molecular weight excluding hydrogens is 270 g/mol. The predicted octanol–water partition coefficient (Wildman–Crippen LogP) is 3.01. The Morgan fingerprint density at radius 2 is 2.10 bits per heavy atom. The number of non-ortho nitro benzene ring substituents is 1. The van der Waals surface area contributed by atoms with E-state index >= 15 is 0 Å². The van der Waals surface area contributed by atoms with Crippen LogP contribution in [0.5, 0.6) is 0 Å². The molecule has 0 bridgehead atoms. The van der Waals surface area contributed by atoms with Crippen LogP contribution in [0.4, 0.5) is 5.69 Å². The quantitative estimate of drug-likeness (QED) is 0.420. The van der Waals surface area contributed by atoms with Gasteiger partial charge >= 0.3 is 0 Å². The molecule has 3 aromatic rings. The summed E-state index contributed by atoms with van der Waals surface area (Å²) in [6, 6.07) is 6.45. The number of nitro benzene ring substituents is 1. The number of aryl methyl sites for hydroxylation is 2. The second kappa shape index (κ2) is 4.66. The number of nitro groups is 1. The summed E-state index contributed by atoms with van der Waals surface area (Å²) in [4.78, 5) is 25.9. The molecule has 0 aliphatic heterocycles. The van der Waals surface area contributed by atoms with Gasteiger partial charge in [-0.1, -0.05) is 6.92 Å². The first-order valence-electron chi connectivity index (χ1n) is 6.58. The number of carbonyl (C=O) groups is 1. The van der Waals surface area contributed by atoms with Gasteiger partial charge in [-0.3, -0.25) is 14.9 Å². The van der Waals surface area contributed by atoms with Crippen LogP contribution in [0.2, 0.25) is 0 Å². The van der Waals surface area contributed by atoms with Gasteiger partial charge in [0.1, 0.15) is 5.69 Å². The Morgan fingerprint density at radius 3 is 2.71 bits per heavy atom. The second-order valence-corrected chi connectivity index (χ2v) is 4.88. The zero-order valence-corrected chi connectivity index (χ0v) is 11.7. The standard InChI is InChI=1S/C15H13N3O3/c1-3-13-15-12(6-9(8-19)16-13)11-7-10(18(20)21)4-5-14(11)17(15)2/h4-8H,3H2,1-2H3. The summed E-state index contributed by atoms with van der Waals surface area (Å²) in [6.45, 7) is 1.97. The number of hydrogen-bond acceptors (Lipinski definition) is 4. The van der Waals surface area contributed by atoms with Crippen molar-refractivity contribution in [3.8, 4) is 0 Å². The highest BCUT2D eigenvalue weighted by Crippen LogP contribution is 2.32. The van der Waals surface area contributed by atoms with Crippen molar-refractivity contribution < 1.29 is 9.72 Å². The van der Waals surface area contributed by atoms with Gasteiger partial charge in [0.05, 0.1) is 16.1 Å². The molecule has 21 heavy (non-hydrogen) atoms. The second-order valence-electron chi connectivity index (χ2n) is 4.88. The van der Waals surface area contributed by atoms with E-state index in [0.717, 1.165) is 27.5 Å². The fourth-order valence-electron chi connectivity index (χ4n) is 2.77. The Morgan fingerprint density at radius 1 is 1.33 bits per heavy atom. The number of benzene rings is 1. The highest BCUT2D eigenvalue weighted by atomic mass is 16.6. The van der Waals surface area contributed by atoms with E-state index in [1.807, 2.05) is 18.5 Å². The number of hydrogen-bond donors (Lipinski definition) is 0. The van der Waals surface area contributed by atoms with E-state index in [4.69, 9.17) is 0 Å². The normalized spacial score (nSPS) is 11.1. The molecule has 106 valence electrons. The van der Waals surface area contributed by atoms with Gasteiger partial charge in [-0.05, 0) is 18.6 Å². The number of nitrogens with zero attached hydrogens (tertiary/aromatic N) is 3. The zero-order valence-electron chi connectivity index (χ0n) is 11.7. The molecule has 0 unspecified atom stereocenters. The van der Waals surface area contributed by atoms with Crippen LogP contribution in [0.25, 0.3) is 21.8 Å². The maximum Gasteiger partial charge on any atom is 0.270 e. The lowest BCUT2D eigenvalue weighted by Crippen LogP contribution is -1.98. The molecule has 0 radical (unpaired) electrons. The van der Waals surface area contributed by atoms with Crippen LogP contribution in [-0.2, 0) is 13.5 Å². The third kappa shape index (κ3) is 1.87. The van der Waals surface area contributed by atoms with E-state index in [2.05, 4.69) is 4.98 Å². The van der Waals surface area contributed by atoms with Gasteiger partial charge in [-0.2, -0.15) is 0 Å². The summed E-state index contributed by atoms with van der Waals surface area (Å²) in [6.07, 6.45) is 1.39. The number of aromatic nitrogens is 2. The van der Waals surface area contributed by atoms with Gasteiger partial charge in [-0.25, -0.2) is 4.98 Å². The fraction of sp³-hybridized carbons (Fsp3) is 0.200. The zero-order chi connectivity index (χ0) is 15.1. The summed E-state index contributed by atoms with van der Waals surface area (Å²) < 4.78 is 1.97. The van der Waals surface area contributed by atoms with Crippen molar-refractivity contribution in [2.75, 3.05) is 0 Å². The third-order valence-electron chi connectivity index (χ3n) is 3.72. The van der Waals surface area contributed by atoms with Crippen molar-refractivity contribution in [1.29, 1.82) is 0 Å². The molecule has 0 amide bonds. The minimum absolute atomic E-state index is 0.0394. The first kappa shape index (κ1) is 13.2. The van der Waals surface area contributed by atoms with E-state index in [0.29, 0.717) is 18.4 Å². The van der Waals surface area contributed by atoms with Crippen LogP contribution >= 0.6 is 0 Å². The van der Waals surface area contributed by atoms with E-state index in [9.17, 15) is 14.9 Å². The molecule has 0 atom stereocenters. The van der Waals surface area contributed by atoms with Gasteiger partial charge in [0, 0.05) is 35.5 Å². The molecule has 1 aromatic carbocycles. The largest absolute Gasteiger partial charge is 0.342 e. The topological polar surface area (TPSA) is 78.0 Å². The van der Waals surface area contributed by atoms with Crippen molar-refractivity contribution in [3.05, 3.63) is 45.8 Å². The lowest BCUT2D eigenvalue weighted by molar-refractivity contribution is -0.384. The van der Waals surface area contributed by atoms with Crippen molar-refractivity contribution in [2.45, 2.75) is 13.3 Å². The number of carbonyl (C=O) groups excluding carboxylic acids is 1. The summed E-state index contributed by atoms with van der Waals surface area (Å²) in [5.41, 5.74) is 3.00. The molecule has 3 rings (SSSR count). The minimum atomic E-state index is -0.416. The summed E-state index contributed by atoms with van der Waals surface area (Å²) in [7, 11) is 1.90. The van der Waals surface area contributed by atoms with Crippen LogP contribution in [-0.4, -0.2) is 20.8 Å². The smallest absolute Gasteiger partial charge is 0.270 e. The third-order valence-corrected chi connectivity index (χ3v) is 3.72. The fourth-order valence-corrected chi connectivity index (χ4v) is 2.77. The summed E-state index contributed by atoms with van der Waals surface area (Å²) in [5, 5.41) is 12.6. The number of pyridine rings is 1. The van der Waals surface area contributed by atoms with Gasteiger partial charge < -0.3 is 4.57 Å². The highest BCUT2D eigenvalue weighted by molar-refractivity contribution is 6.10. The Hall–Kier alpha value is -2.76. The minimum Gasteiger partial charge on any atom is -0.342 e. The Balaban J connectivity index is 2.51. The highest BCUT2D eigenvalue weighted by Gasteiger charge is 2.16. The van der Waals surface area contributed by atoms with Crippen LogP contribution in [0.3, 0.4) is 0 Å². The Kier molecular flexibility index (Phi) is 2.94. The predicted molar refractivity (Wildman–Crippen MR) is 79.6 cm³/mol. The molecule has 0 spiro atoms. The molecule has 0 saturated heterocycles. The molecule has 2 heterocycles. The SMILES string of the molecule is CCc1nc(C=O)cc2c3cc([N+](=O)[O-])ccc3n(C)c12. The number of aldehydes is 1. The Bertz CT molecular complexity index is 896. The van der Waals surface area contributed by atoms with Crippen molar-refractivity contribution in [2.24, 2.45) is 7.05 Å². The van der Waals surface area contributed by atoms with E-state index in [1.54, 1.807) is 18.2 Å². The molecule has 6 heteroatoms. The summed E-state index contributed by atoms with van der Waals surface area (Å²) in [5.74, 6) is 0. The average Bonchev–Trinajstić information content (AvgIpc) is 2.79. The molecule has 0 aliphatic carbocycles. The molecule has 0 saturated carbocycles. The van der Waals surface area contributed by atoms with Crippen LogP contribution < -0.4 is 0 Å². The van der Waals surface area contributed by atoms with E-state index < -0.39 is 4.92 Å². The van der Waals surface area contributed by atoms with Crippen molar-refractivity contribution in [1.82, 2.24) is 9.55 Å². The van der Waals surface area contributed by atoms with Crippen molar-refractivity contribution in [3.63, 3.8) is 0 Å². The van der Waals surface area contributed by atoms with Gasteiger partial charge in [-0.15, -0.1) is 0 Å².